The van der Waals surface area contributed by atoms with Gasteiger partial charge >= 0.3 is 6.09 Å². The number of imide groups is 1. The van der Waals surface area contributed by atoms with Crippen molar-refractivity contribution in [1.29, 1.82) is 0 Å². The van der Waals surface area contributed by atoms with E-state index in [4.69, 9.17) is 4.74 Å². The largest absolute Gasteiger partial charge is 0.444 e. The fraction of sp³-hybridized carbons (Fsp3) is 0.667. The molecule has 37 heavy (non-hydrogen) atoms. The van der Waals surface area contributed by atoms with Crippen molar-refractivity contribution in [2.75, 3.05) is 42.9 Å². The minimum Gasteiger partial charge on any atom is -0.444 e. The molecule has 3 fully saturated rings. The van der Waals surface area contributed by atoms with Gasteiger partial charge in [-0.25, -0.2) is 9.18 Å². The maximum atomic E-state index is 15.0. The summed E-state index contributed by atoms with van der Waals surface area (Å²) in [5.74, 6) is -0.479. The zero-order valence-electron chi connectivity index (χ0n) is 22.1. The number of hydrogen-bond donors (Lipinski definition) is 3. The zero-order valence-corrected chi connectivity index (χ0v) is 22.1. The van der Waals surface area contributed by atoms with E-state index in [-0.39, 0.29) is 30.1 Å². The van der Waals surface area contributed by atoms with Gasteiger partial charge in [0.15, 0.2) is 0 Å². The third-order valence-electron chi connectivity index (χ3n) is 7.45. The van der Waals surface area contributed by atoms with Crippen LogP contribution in [0.4, 0.5) is 20.6 Å². The molecule has 0 aromatic heterocycles. The Balaban J connectivity index is 1.20. The van der Waals surface area contributed by atoms with Crippen LogP contribution >= 0.6 is 0 Å². The number of nitrogens with one attached hydrogen (secondary N) is 3. The van der Waals surface area contributed by atoms with Crippen molar-refractivity contribution in [2.45, 2.75) is 77.0 Å². The molecule has 0 spiro atoms. The molecule has 3 N–H and O–H groups in total. The number of alkyl carbamates (subject to hydrolysis) is 1. The van der Waals surface area contributed by atoms with Crippen molar-refractivity contribution in [3.63, 3.8) is 0 Å². The molecule has 1 aliphatic carbocycles. The van der Waals surface area contributed by atoms with E-state index in [1.807, 2.05) is 20.8 Å². The molecule has 0 radical (unpaired) electrons. The van der Waals surface area contributed by atoms with Gasteiger partial charge in [-0.1, -0.05) is 0 Å². The Morgan fingerprint density at radius 2 is 1.78 bits per heavy atom. The van der Waals surface area contributed by atoms with E-state index in [9.17, 15) is 18.8 Å². The molecule has 2 heterocycles. The lowest BCUT2D eigenvalue weighted by Crippen LogP contribution is -2.51. The average molecular weight is 518 g/mol. The normalized spacial score (nSPS) is 25.4. The molecule has 10 heteroatoms. The van der Waals surface area contributed by atoms with Gasteiger partial charge in [-0.3, -0.25) is 19.8 Å². The highest BCUT2D eigenvalue weighted by atomic mass is 19.1. The topological polar surface area (TPSA) is 103 Å². The lowest BCUT2D eigenvalue weighted by Gasteiger charge is -2.42. The van der Waals surface area contributed by atoms with Gasteiger partial charge in [0, 0.05) is 50.9 Å². The second-order valence-corrected chi connectivity index (χ2v) is 11.4. The number of piperazine rings is 1. The number of piperidine rings is 1. The molecule has 9 nitrogen and oxygen atoms in total. The predicted octanol–water partition coefficient (Wildman–Crippen LogP) is 3.25. The van der Waals surface area contributed by atoms with Crippen molar-refractivity contribution in [2.24, 2.45) is 5.92 Å². The van der Waals surface area contributed by atoms with E-state index in [1.54, 1.807) is 12.1 Å². The van der Waals surface area contributed by atoms with Gasteiger partial charge in [0.2, 0.25) is 11.8 Å². The summed E-state index contributed by atoms with van der Waals surface area (Å²) in [5.41, 5.74) is 0.624. The van der Waals surface area contributed by atoms with Gasteiger partial charge in [0.1, 0.15) is 17.5 Å². The second-order valence-electron chi connectivity index (χ2n) is 11.4. The third-order valence-corrected chi connectivity index (χ3v) is 7.45. The van der Waals surface area contributed by atoms with E-state index < -0.39 is 11.6 Å². The van der Waals surface area contributed by atoms with E-state index in [2.05, 4.69) is 25.8 Å². The highest BCUT2D eigenvalue weighted by Gasteiger charge is 2.30. The highest BCUT2D eigenvalue weighted by Crippen LogP contribution is 2.30. The number of rotatable bonds is 6. The van der Waals surface area contributed by atoms with Crippen molar-refractivity contribution >= 4 is 29.3 Å². The molecule has 1 atom stereocenters. The summed E-state index contributed by atoms with van der Waals surface area (Å²) in [6.07, 6.45) is 4.70. The van der Waals surface area contributed by atoms with Crippen LogP contribution in [0.1, 0.15) is 59.3 Å². The van der Waals surface area contributed by atoms with Gasteiger partial charge in [-0.05, 0) is 77.0 Å². The Morgan fingerprint density at radius 3 is 2.41 bits per heavy atom. The average Bonchev–Trinajstić information content (AvgIpc) is 2.84. The lowest BCUT2D eigenvalue weighted by atomic mass is 9.85. The van der Waals surface area contributed by atoms with Crippen LogP contribution in [0, 0.1) is 11.7 Å². The highest BCUT2D eigenvalue weighted by molar-refractivity contribution is 6.01. The predicted molar refractivity (Wildman–Crippen MR) is 140 cm³/mol. The molecule has 1 unspecified atom stereocenters. The van der Waals surface area contributed by atoms with Gasteiger partial charge < -0.3 is 20.3 Å². The molecule has 1 saturated carbocycles. The first-order valence-electron chi connectivity index (χ1n) is 13.4. The zero-order chi connectivity index (χ0) is 26.6. The van der Waals surface area contributed by atoms with Crippen LogP contribution in [0.2, 0.25) is 0 Å². The third kappa shape index (κ3) is 7.56. The molecule has 3 amide bonds. The molecule has 1 aromatic carbocycles. The number of halogens is 1. The standard InChI is InChI=1S/C27H40FN5O4/c1-27(2,3)37-26(36)29-17-18-4-7-20(8-5-18)32-12-14-33(15-13-32)23-10-6-19(16-21(23)28)30-22-9-11-24(34)31-25(22)35/h6,10,16,18,20,22,30H,4-5,7-9,11-15,17H2,1-3H3,(H,29,36)(H,31,34,35). The Kier molecular flexibility index (Phi) is 8.56. The van der Waals surface area contributed by atoms with Crippen LogP contribution in [-0.4, -0.2) is 73.2 Å². The Bertz CT molecular complexity index is 981. The summed E-state index contributed by atoms with van der Waals surface area (Å²) in [6, 6.07) is 4.99. The number of benzene rings is 1. The molecule has 0 bridgehead atoms. The number of amides is 3. The van der Waals surface area contributed by atoms with Crippen LogP contribution in [0.5, 0.6) is 0 Å². The van der Waals surface area contributed by atoms with Crippen LogP contribution in [0.15, 0.2) is 18.2 Å². The summed E-state index contributed by atoms with van der Waals surface area (Å²) in [4.78, 5) is 39.8. The summed E-state index contributed by atoms with van der Waals surface area (Å²) >= 11 is 0. The SMILES string of the molecule is CC(C)(C)OC(=O)NCC1CCC(N2CCN(c3ccc(NC4CCC(=O)NC4=O)cc3F)CC2)CC1. The van der Waals surface area contributed by atoms with E-state index >= 15 is 0 Å². The summed E-state index contributed by atoms with van der Waals surface area (Å²) in [7, 11) is 0. The molecule has 2 saturated heterocycles. The van der Waals surface area contributed by atoms with Gasteiger partial charge in [0.05, 0.1) is 5.69 Å². The number of ether oxygens (including phenoxy) is 1. The number of nitrogens with zero attached hydrogens (tertiary/aromatic N) is 2. The summed E-state index contributed by atoms with van der Waals surface area (Å²) in [6.45, 7) is 9.55. The Hall–Kier alpha value is -2.88. The maximum Gasteiger partial charge on any atom is 0.407 e. The minimum atomic E-state index is -0.533. The van der Waals surface area contributed by atoms with Crippen LogP contribution in [0.25, 0.3) is 0 Å². The van der Waals surface area contributed by atoms with E-state index in [1.165, 1.54) is 6.07 Å². The molecular formula is C27H40FN5O4. The number of anilines is 2. The van der Waals surface area contributed by atoms with Crippen LogP contribution < -0.4 is 20.9 Å². The molecule has 3 aliphatic rings. The summed E-state index contributed by atoms with van der Waals surface area (Å²) in [5, 5.41) is 8.26. The quantitative estimate of drug-likeness (QED) is 0.498. The smallest absolute Gasteiger partial charge is 0.407 e. The van der Waals surface area contributed by atoms with Crippen molar-refractivity contribution in [3.8, 4) is 0 Å². The fourth-order valence-corrected chi connectivity index (χ4v) is 5.47. The first kappa shape index (κ1) is 27.2. The van der Waals surface area contributed by atoms with Crippen LogP contribution in [-0.2, 0) is 14.3 Å². The van der Waals surface area contributed by atoms with Gasteiger partial charge in [0.25, 0.3) is 0 Å². The number of carbonyl (C=O) groups excluding carboxylic acids is 3. The summed E-state index contributed by atoms with van der Waals surface area (Å²) < 4.78 is 20.3. The number of carbonyl (C=O) groups is 3. The van der Waals surface area contributed by atoms with Gasteiger partial charge in [-0.15, -0.1) is 0 Å². The second kappa shape index (κ2) is 11.7. The minimum absolute atomic E-state index is 0.271. The number of hydrogen-bond acceptors (Lipinski definition) is 7. The van der Waals surface area contributed by atoms with Crippen molar-refractivity contribution in [1.82, 2.24) is 15.5 Å². The first-order valence-corrected chi connectivity index (χ1v) is 13.4. The van der Waals surface area contributed by atoms with Crippen molar-refractivity contribution < 1.29 is 23.5 Å². The molecule has 2 aliphatic heterocycles. The Morgan fingerprint density at radius 1 is 1.08 bits per heavy atom. The lowest BCUT2D eigenvalue weighted by molar-refractivity contribution is -0.133. The Labute approximate surface area is 218 Å². The molecule has 1 aromatic rings. The van der Waals surface area contributed by atoms with Crippen LogP contribution in [0.3, 0.4) is 0 Å². The maximum absolute atomic E-state index is 15.0. The van der Waals surface area contributed by atoms with E-state index in [0.29, 0.717) is 36.3 Å². The molecule has 204 valence electrons. The molecular weight excluding hydrogens is 477 g/mol. The van der Waals surface area contributed by atoms with Crippen molar-refractivity contribution in [3.05, 3.63) is 24.0 Å². The van der Waals surface area contributed by atoms with E-state index in [0.717, 1.165) is 51.9 Å². The molecule has 4 rings (SSSR count). The van der Waals surface area contributed by atoms with Gasteiger partial charge in [-0.2, -0.15) is 0 Å². The fourth-order valence-electron chi connectivity index (χ4n) is 5.47. The first-order chi connectivity index (χ1) is 17.6. The monoisotopic (exact) mass is 517 g/mol.